The normalized spacial score (nSPS) is 15.0. The van der Waals surface area contributed by atoms with Crippen LogP contribution in [0.4, 0.5) is 17.3 Å². The molecule has 2 aromatic carbocycles. The van der Waals surface area contributed by atoms with Gasteiger partial charge in [0.1, 0.15) is 11.4 Å². The largest absolute Gasteiger partial charge is 0.349 e. The predicted octanol–water partition coefficient (Wildman–Crippen LogP) is 3.88. The molecule has 1 unspecified atom stereocenters. The third-order valence-corrected chi connectivity index (χ3v) is 5.06. The van der Waals surface area contributed by atoms with E-state index >= 15 is 0 Å². The summed E-state index contributed by atoms with van der Waals surface area (Å²) in [5.74, 6) is 1.34. The SMILES string of the molecule is Cc1ccc(-c2ccc(-n3nc(Nc4ccccc4)c4c3NC(C)NC4=O)nn2)cc1. The van der Waals surface area contributed by atoms with Gasteiger partial charge in [-0.05, 0) is 38.1 Å². The number of nitrogens with one attached hydrogen (secondary N) is 3. The molecule has 0 bridgehead atoms. The van der Waals surface area contributed by atoms with Crippen molar-refractivity contribution >= 4 is 23.2 Å². The molecule has 0 saturated carbocycles. The average Bonchev–Trinajstić information content (AvgIpc) is 3.13. The molecule has 5 rings (SSSR count). The zero-order valence-electron chi connectivity index (χ0n) is 17.1. The monoisotopic (exact) mass is 411 g/mol. The minimum atomic E-state index is -0.236. The first-order valence-corrected chi connectivity index (χ1v) is 10.0. The lowest BCUT2D eigenvalue weighted by Gasteiger charge is -2.23. The van der Waals surface area contributed by atoms with Crippen molar-refractivity contribution in [3.05, 3.63) is 77.9 Å². The van der Waals surface area contributed by atoms with Crippen molar-refractivity contribution < 1.29 is 4.79 Å². The Hall–Kier alpha value is -4.20. The second kappa shape index (κ2) is 7.56. The molecule has 0 aliphatic carbocycles. The fourth-order valence-corrected chi connectivity index (χ4v) is 3.50. The van der Waals surface area contributed by atoms with E-state index < -0.39 is 0 Å². The number of para-hydroxylation sites is 1. The highest BCUT2D eigenvalue weighted by atomic mass is 16.2. The molecule has 3 heterocycles. The Bertz CT molecular complexity index is 1230. The van der Waals surface area contributed by atoms with Crippen LogP contribution in [0.5, 0.6) is 0 Å². The van der Waals surface area contributed by atoms with Gasteiger partial charge in [0.25, 0.3) is 5.91 Å². The molecule has 1 atom stereocenters. The van der Waals surface area contributed by atoms with Crippen LogP contribution in [0.15, 0.2) is 66.7 Å². The lowest BCUT2D eigenvalue weighted by Crippen LogP contribution is -2.43. The fourth-order valence-electron chi connectivity index (χ4n) is 3.50. The highest BCUT2D eigenvalue weighted by molar-refractivity contribution is 6.06. The molecule has 0 spiro atoms. The first kappa shape index (κ1) is 18.8. The summed E-state index contributed by atoms with van der Waals surface area (Å²) < 4.78 is 1.61. The van der Waals surface area contributed by atoms with Gasteiger partial charge >= 0.3 is 0 Å². The van der Waals surface area contributed by atoms with E-state index in [9.17, 15) is 4.79 Å². The summed E-state index contributed by atoms with van der Waals surface area (Å²) in [5.41, 5.74) is 4.22. The van der Waals surface area contributed by atoms with Gasteiger partial charge in [0.05, 0.1) is 11.9 Å². The number of aryl methyl sites for hydroxylation is 1. The van der Waals surface area contributed by atoms with Crippen molar-refractivity contribution in [2.45, 2.75) is 20.0 Å². The Morgan fingerprint density at radius 1 is 0.935 bits per heavy atom. The van der Waals surface area contributed by atoms with Crippen molar-refractivity contribution in [3.63, 3.8) is 0 Å². The third kappa shape index (κ3) is 3.59. The minimum Gasteiger partial charge on any atom is -0.349 e. The number of aromatic nitrogens is 4. The van der Waals surface area contributed by atoms with Crippen molar-refractivity contribution in [2.75, 3.05) is 10.6 Å². The summed E-state index contributed by atoms with van der Waals surface area (Å²) in [7, 11) is 0. The van der Waals surface area contributed by atoms with Crippen LogP contribution in [0.25, 0.3) is 17.1 Å². The van der Waals surface area contributed by atoms with E-state index in [1.807, 2.05) is 80.6 Å². The number of fused-ring (bicyclic) bond motifs is 1. The lowest BCUT2D eigenvalue weighted by atomic mass is 10.1. The smallest absolute Gasteiger partial charge is 0.260 e. The number of hydrogen-bond acceptors (Lipinski definition) is 6. The van der Waals surface area contributed by atoms with Crippen LogP contribution in [0.2, 0.25) is 0 Å². The standard InChI is InChI=1S/C23H21N7O/c1-14-8-10-16(11-9-14)18-12-13-19(28-27-18)30-22-20(23(31)25-15(2)24-22)21(29-30)26-17-6-4-3-5-7-17/h3-13,15,24H,1-2H3,(H,25,31)(H,26,29). The lowest BCUT2D eigenvalue weighted by molar-refractivity contribution is 0.0940. The van der Waals surface area contributed by atoms with Gasteiger partial charge in [-0.3, -0.25) is 4.79 Å². The van der Waals surface area contributed by atoms with E-state index in [0.717, 1.165) is 16.9 Å². The predicted molar refractivity (Wildman–Crippen MR) is 120 cm³/mol. The van der Waals surface area contributed by atoms with Gasteiger partial charge in [0, 0.05) is 11.3 Å². The fraction of sp³-hybridized carbons (Fsp3) is 0.130. The number of rotatable bonds is 4. The summed E-state index contributed by atoms with van der Waals surface area (Å²) >= 11 is 0. The van der Waals surface area contributed by atoms with Gasteiger partial charge in [-0.15, -0.1) is 15.3 Å². The molecule has 0 saturated heterocycles. The maximum atomic E-state index is 12.7. The van der Waals surface area contributed by atoms with E-state index in [1.165, 1.54) is 5.56 Å². The Morgan fingerprint density at radius 2 is 1.71 bits per heavy atom. The van der Waals surface area contributed by atoms with Gasteiger partial charge in [-0.25, -0.2) is 0 Å². The highest BCUT2D eigenvalue weighted by Crippen LogP contribution is 2.31. The van der Waals surface area contributed by atoms with Crippen LogP contribution in [0.1, 0.15) is 22.8 Å². The van der Waals surface area contributed by atoms with Crippen LogP contribution < -0.4 is 16.0 Å². The van der Waals surface area contributed by atoms with Crippen molar-refractivity contribution in [1.82, 2.24) is 25.3 Å². The van der Waals surface area contributed by atoms with E-state index in [2.05, 4.69) is 31.2 Å². The van der Waals surface area contributed by atoms with E-state index in [4.69, 9.17) is 0 Å². The zero-order valence-corrected chi connectivity index (χ0v) is 17.1. The second-order valence-corrected chi connectivity index (χ2v) is 7.46. The average molecular weight is 411 g/mol. The Balaban J connectivity index is 1.55. The molecule has 8 nitrogen and oxygen atoms in total. The van der Waals surface area contributed by atoms with Gasteiger partial charge < -0.3 is 16.0 Å². The first-order valence-electron chi connectivity index (χ1n) is 10.0. The molecule has 0 radical (unpaired) electrons. The molecule has 8 heteroatoms. The molecular weight excluding hydrogens is 390 g/mol. The summed E-state index contributed by atoms with van der Waals surface area (Å²) in [6.07, 6.45) is -0.236. The summed E-state index contributed by atoms with van der Waals surface area (Å²) in [4.78, 5) is 12.7. The topological polar surface area (TPSA) is 96.8 Å². The van der Waals surface area contributed by atoms with Crippen LogP contribution in [-0.2, 0) is 0 Å². The van der Waals surface area contributed by atoms with Crippen LogP contribution in [0, 0.1) is 6.92 Å². The number of carbonyl (C=O) groups excluding carboxylic acids is 1. The van der Waals surface area contributed by atoms with Crippen molar-refractivity contribution in [3.8, 4) is 17.1 Å². The van der Waals surface area contributed by atoms with Crippen LogP contribution in [0.3, 0.4) is 0 Å². The third-order valence-electron chi connectivity index (χ3n) is 5.06. The molecule has 31 heavy (non-hydrogen) atoms. The molecular formula is C23H21N7O. The second-order valence-electron chi connectivity index (χ2n) is 7.46. The van der Waals surface area contributed by atoms with Crippen molar-refractivity contribution in [2.24, 2.45) is 0 Å². The van der Waals surface area contributed by atoms with E-state index in [1.54, 1.807) is 4.68 Å². The number of benzene rings is 2. The van der Waals surface area contributed by atoms with Gasteiger partial charge in [-0.2, -0.15) is 4.68 Å². The number of nitrogens with zero attached hydrogens (tertiary/aromatic N) is 4. The first-order chi connectivity index (χ1) is 15.1. The summed E-state index contributed by atoms with van der Waals surface area (Å²) in [6, 6.07) is 21.5. The number of carbonyl (C=O) groups is 1. The molecule has 1 amide bonds. The Morgan fingerprint density at radius 3 is 2.42 bits per heavy atom. The molecule has 4 aromatic rings. The molecule has 2 aromatic heterocycles. The summed E-state index contributed by atoms with van der Waals surface area (Å²) in [5, 5.41) is 22.8. The minimum absolute atomic E-state index is 0.199. The molecule has 154 valence electrons. The Labute approximate surface area is 179 Å². The zero-order chi connectivity index (χ0) is 21.4. The Kier molecular flexibility index (Phi) is 4.59. The molecule has 3 N–H and O–H groups in total. The maximum Gasteiger partial charge on any atom is 0.260 e. The van der Waals surface area contributed by atoms with E-state index in [-0.39, 0.29) is 12.1 Å². The van der Waals surface area contributed by atoms with Gasteiger partial charge in [-0.1, -0.05) is 48.0 Å². The van der Waals surface area contributed by atoms with Gasteiger partial charge in [0.15, 0.2) is 11.6 Å². The highest BCUT2D eigenvalue weighted by Gasteiger charge is 2.31. The quantitative estimate of drug-likeness (QED) is 0.472. The maximum absolute atomic E-state index is 12.7. The number of hydrogen-bond donors (Lipinski definition) is 3. The van der Waals surface area contributed by atoms with Crippen LogP contribution in [-0.4, -0.2) is 32.1 Å². The molecule has 1 aliphatic heterocycles. The number of anilines is 3. The number of amides is 1. The molecule has 0 fully saturated rings. The summed E-state index contributed by atoms with van der Waals surface area (Å²) in [6.45, 7) is 3.92. The molecule has 1 aliphatic rings. The van der Waals surface area contributed by atoms with E-state index in [0.29, 0.717) is 23.0 Å². The van der Waals surface area contributed by atoms with Crippen LogP contribution >= 0.6 is 0 Å². The van der Waals surface area contributed by atoms with Gasteiger partial charge in [0.2, 0.25) is 0 Å². The van der Waals surface area contributed by atoms with Crippen molar-refractivity contribution in [1.29, 1.82) is 0 Å².